The van der Waals surface area contributed by atoms with Gasteiger partial charge >= 0.3 is 7.12 Å². The van der Waals surface area contributed by atoms with Gasteiger partial charge in [-0.05, 0) is 128 Å². The van der Waals surface area contributed by atoms with E-state index in [4.69, 9.17) is 16.3 Å². The number of amides is 2. The van der Waals surface area contributed by atoms with Gasteiger partial charge in [-0.25, -0.2) is 0 Å². The molecule has 0 spiro atoms. The molecule has 242 valence electrons. The van der Waals surface area contributed by atoms with Crippen molar-refractivity contribution in [2.45, 2.75) is 38.6 Å². The van der Waals surface area contributed by atoms with Crippen LogP contribution < -0.4 is 10.2 Å². The number of halogens is 1. The Hall–Kier alpha value is -4.70. The smallest absolute Gasteiger partial charge is 0.455 e. The number of aromatic nitrogens is 1. The van der Waals surface area contributed by atoms with Gasteiger partial charge in [-0.1, -0.05) is 41.4 Å². The fourth-order valence-corrected chi connectivity index (χ4v) is 7.72. The SMILES string of the molecule is CC1=C2[C@@H](CC/C(=C/c3ccc(O)cc3Cl)c3ccccn3)OB(O)C[C@@H]2[C@@H]2C(=O)N(c3ccc(Nc4ccccc4)cc3)C(=O)[C@@H]2C1. The highest BCUT2D eigenvalue weighted by Crippen LogP contribution is 2.51. The number of imide groups is 1. The van der Waals surface area contributed by atoms with Crippen LogP contribution in [0.4, 0.5) is 17.1 Å². The summed E-state index contributed by atoms with van der Waals surface area (Å²) in [5.41, 5.74) is 6.82. The van der Waals surface area contributed by atoms with E-state index in [2.05, 4.69) is 10.3 Å². The van der Waals surface area contributed by atoms with Crippen LogP contribution in [0.2, 0.25) is 11.3 Å². The lowest BCUT2D eigenvalue weighted by atomic mass is 9.58. The van der Waals surface area contributed by atoms with Crippen molar-refractivity contribution >= 4 is 59.2 Å². The number of phenols is 1. The average Bonchev–Trinajstić information content (AvgIpc) is 3.33. The predicted molar refractivity (Wildman–Crippen MR) is 189 cm³/mol. The Kier molecular flexibility index (Phi) is 8.92. The number of benzene rings is 3. The van der Waals surface area contributed by atoms with Gasteiger partial charge in [-0.15, -0.1) is 0 Å². The molecule has 4 aromatic rings. The van der Waals surface area contributed by atoms with Crippen LogP contribution in [0.25, 0.3) is 11.6 Å². The quantitative estimate of drug-likeness (QED) is 0.102. The number of aromatic hydroxyl groups is 1. The van der Waals surface area contributed by atoms with Gasteiger partial charge in [0.25, 0.3) is 0 Å². The monoisotopic (exact) mass is 659 g/mol. The van der Waals surface area contributed by atoms with Gasteiger partial charge in [-0.2, -0.15) is 0 Å². The van der Waals surface area contributed by atoms with Gasteiger partial charge in [0.1, 0.15) is 5.75 Å². The summed E-state index contributed by atoms with van der Waals surface area (Å²) in [6.07, 6.45) is 5.03. The van der Waals surface area contributed by atoms with Crippen molar-refractivity contribution in [1.29, 1.82) is 0 Å². The van der Waals surface area contributed by atoms with E-state index in [1.54, 1.807) is 30.5 Å². The Balaban J connectivity index is 1.13. The summed E-state index contributed by atoms with van der Waals surface area (Å²) in [4.78, 5) is 33.8. The third kappa shape index (κ3) is 6.29. The zero-order valence-corrected chi connectivity index (χ0v) is 27.2. The van der Waals surface area contributed by atoms with Crippen molar-refractivity contribution in [2.75, 3.05) is 10.2 Å². The number of pyridine rings is 1. The summed E-state index contributed by atoms with van der Waals surface area (Å²) in [6, 6.07) is 27.7. The fourth-order valence-electron chi connectivity index (χ4n) is 7.49. The fraction of sp³-hybridized carbons (Fsp3) is 0.237. The van der Waals surface area contributed by atoms with Gasteiger partial charge in [0, 0.05) is 17.6 Å². The van der Waals surface area contributed by atoms with Crippen molar-refractivity contribution < 1.29 is 24.4 Å². The number of anilines is 3. The van der Waals surface area contributed by atoms with Gasteiger partial charge in [-0.3, -0.25) is 19.5 Å². The maximum atomic E-state index is 14.1. The van der Waals surface area contributed by atoms with E-state index < -0.39 is 25.1 Å². The molecule has 7 rings (SSSR count). The number of para-hydroxylation sites is 1. The normalized spacial score (nSPS) is 22.5. The highest BCUT2D eigenvalue weighted by atomic mass is 35.5. The Morgan fingerprint density at radius 2 is 1.75 bits per heavy atom. The maximum Gasteiger partial charge on any atom is 0.455 e. The Bertz CT molecular complexity index is 1900. The van der Waals surface area contributed by atoms with Gasteiger partial charge in [0.2, 0.25) is 11.8 Å². The molecule has 0 radical (unpaired) electrons. The first-order valence-electron chi connectivity index (χ1n) is 16.2. The molecule has 0 unspecified atom stereocenters. The number of nitrogens with zero attached hydrogens (tertiary/aromatic N) is 2. The van der Waals surface area contributed by atoms with Gasteiger partial charge < -0.3 is 20.1 Å². The van der Waals surface area contributed by atoms with E-state index in [1.165, 1.54) is 11.0 Å². The molecule has 10 heteroatoms. The van der Waals surface area contributed by atoms with E-state index in [0.717, 1.165) is 39.4 Å². The zero-order chi connectivity index (χ0) is 33.4. The Morgan fingerprint density at radius 1 is 1.00 bits per heavy atom. The first-order valence-corrected chi connectivity index (χ1v) is 16.6. The second-order valence-electron chi connectivity index (χ2n) is 12.7. The summed E-state index contributed by atoms with van der Waals surface area (Å²) in [5.74, 6) is -1.71. The molecule has 0 saturated carbocycles. The van der Waals surface area contributed by atoms with E-state index in [0.29, 0.717) is 30.0 Å². The number of carbonyl (C=O) groups is 2. The van der Waals surface area contributed by atoms with Crippen molar-refractivity contribution in [3.8, 4) is 5.75 Å². The first kappa shape index (κ1) is 31.9. The van der Waals surface area contributed by atoms with Crippen LogP contribution in [0.5, 0.6) is 5.75 Å². The second-order valence-corrected chi connectivity index (χ2v) is 13.1. The average molecular weight is 660 g/mol. The molecule has 0 bridgehead atoms. The number of allylic oxidation sites excluding steroid dienone is 2. The van der Waals surface area contributed by atoms with Crippen molar-refractivity contribution in [3.63, 3.8) is 0 Å². The van der Waals surface area contributed by atoms with Gasteiger partial charge in [0.15, 0.2) is 0 Å². The molecule has 1 aliphatic carbocycles. The van der Waals surface area contributed by atoms with Crippen LogP contribution in [0.3, 0.4) is 0 Å². The molecule has 3 heterocycles. The molecule has 2 saturated heterocycles. The van der Waals surface area contributed by atoms with Gasteiger partial charge in [0.05, 0.1) is 34.3 Å². The number of nitrogens with one attached hydrogen (secondary N) is 1. The third-order valence-corrected chi connectivity index (χ3v) is 9.95. The number of fused-ring (bicyclic) bond motifs is 3. The highest BCUT2D eigenvalue weighted by molar-refractivity contribution is 6.43. The van der Waals surface area contributed by atoms with Crippen molar-refractivity contribution in [3.05, 3.63) is 125 Å². The minimum absolute atomic E-state index is 0.0841. The van der Waals surface area contributed by atoms with Crippen molar-refractivity contribution in [1.82, 2.24) is 4.98 Å². The minimum Gasteiger partial charge on any atom is -0.508 e. The predicted octanol–water partition coefficient (Wildman–Crippen LogP) is 7.53. The van der Waals surface area contributed by atoms with Crippen LogP contribution in [-0.4, -0.2) is 40.2 Å². The molecule has 48 heavy (non-hydrogen) atoms. The highest BCUT2D eigenvalue weighted by Gasteiger charge is 2.57. The molecular weight excluding hydrogens is 625 g/mol. The summed E-state index contributed by atoms with van der Waals surface area (Å²) in [7, 11) is -1.07. The molecular formula is C38H35BClN3O5. The summed E-state index contributed by atoms with van der Waals surface area (Å²) in [5, 5.41) is 24.6. The van der Waals surface area contributed by atoms with Crippen LogP contribution in [0.1, 0.15) is 37.4 Å². The number of rotatable bonds is 8. The molecule has 2 fully saturated rings. The lowest BCUT2D eigenvalue weighted by molar-refractivity contribution is -0.122. The molecule has 4 atom stereocenters. The van der Waals surface area contributed by atoms with E-state index in [9.17, 15) is 19.7 Å². The van der Waals surface area contributed by atoms with E-state index >= 15 is 0 Å². The summed E-state index contributed by atoms with van der Waals surface area (Å²) < 4.78 is 6.16. The van der Waals surface area contributed by atoms with Crippen LogP contribution in [-0.2, 0) is 14.2 Å². The lowest BCUT2D eigenvalue weighted by Crippen LogP contribution is -2.46. The van der Waals surface area contributed by atoms with Crippen LogP contribution in [0.15, 0.2) is 108 Å². The second kappa shape index (κ2) is 13.4. The number of carbonyl (C=O) groups excluding carboxylic acids is 2. The summed E-state index contributed by atoms with van der Waals surface area (Å²) in [6.45, 7) is 2.02. The molecule has 2 amide bonds. The number of hydrogen-bond acceptors (Lipinski definition) is 7. The molecule has 3 aromatic carbocycles. The zero-order valence-electron chi connectivity index (χ0n) is 26.4. The van der Waals surface area contributed by atoms with E-state index in [1.807, 2.05) is 73.7 Å². The molecule has 2 aliphatic heterocycles. The molecule has 3 aliphatic rings. The maximum absolute atomic E-state index is 14.1. The molecule has 3 N–H and O–H groups in total. The van der Waals surface area contributed by atoms with E-state index in [-0.39, 0.29) is 29.8 Å². The Morgan fingerprint density at radius 3 is 2.48 bits per heavy atom. The standard InChI is InChI=1S/C38H35BClN3O5/c1-23-19-30-36(38(46)43(37(30)45)28-14-12-27(13-15-28)42-26-7-3-2-4-8-26)31-22-39(47)48-34(35(23)31)17-11-25(33-9-5-6-18-41-33)20-24-10-16-29(44)21-32(24)40/h2-10,12-16,18,20-21,30-31,34,36,42,44,47H,11,17,19,22H2,1H3/b25-20-/t30-,31+,34-,36-/m1/s1. The Labute approximate surface area is 284 Å². The largest absolute Gasteiger partial charge is 0.508 e. The molecule has 8 nitrogen and oxygen atoms in total. The first-order chi connectivity index (χ1) is 23.3. The topological polar surface area (TPSA) is 112 Å². The molecule has 1 aromatic heterocycles. The lowest BCUT2D eigenvalue weighted by Gasteiger charge is -2.42. The summed E-state index contributed by atoms with van der Waals surface area (Å²) >= 11 is 6.46. The number of hydrogen-bond donors (Lipinski definition) is 3. The third-order valence-electron chi connectivity index (χ3n) is 9.62. The van der Waals surface area contributed by atoms with Crippen LogP contribution in [0, 0.1) is 17.8 Å². The van der Waals surface area contributed by atoms with Crippen molar-refractivity contribution in [2.24, 2.45) is 17.8 Å². The van der Waals surface area contributed by atoms with Crippen LogP contribution >= 0.6 is 11.6 Å². The number of phenolic OH excluding ortho intramolecular Hbond substituents is 1. The minimum atomic E-state index is -1.07.